The number of benzene rings is 1. The molecule has 0 bridgehead atoms. The van der Waals surface area contributed by atoms with Gasteiger partial charge >= 0.3 is 0 Å². The number of aromatic nitrogens is 3. The topological polar surface area (TPSA) is 83.3 Å². The van der Waals surface area contributed by atoms with Crippen molar-refractivity contribution in [2.75, 3.05) is 13.1 Å². The number of carbonyl (C=O) groups is 1. The fourth-order valence-electron chi connectivity index (χ4n) is 4.42. The van der Waals surface area contributed by atoms with Gasteiger partial charge in [-0.05, 0) is 31.2 Å². The summed E-state index contributed by atoms with van der Waals surface area (Å²) in [6, 6.07) is 10.2. The van der Waals surface area contributed by atoms with Gasteiger partial charge in [0.15, 0.2) is 0 Å². The maximum absolute atomic E-state index is 11.2. The molecule has 1 aromatic carbocycles. The molecule has 150 valence electrons. The lowest BCUT2D eigenvalue weighted by Crippen LogP contribution is -2.43. The molecule has 0 atom stereocenters. The van der Waals surface area contributed by atoms with Crippen molar-refractivity contribution in [3.8, 4) is 0 Å². The minimum absolute atomic E-state index is 0.0302. The molecule has 7 nitrogen and oxygen atoms in total. The van der Waals surface area contributed by atoms with E-state index in [9.17, 15) is 9.90 Å². The molecule has 1 aliphatic heterocycles. The predicted molar refractivity (Wildman–Crippen MR) is 105 cm³/mol. The van der Waals surface area contributed by atoms with E-state index in [-0.39, 0.29) is 11.9 Å². The highest BCUT2D eigenvalue weighted by Crippen LogP contribution is 2.36. The molecular formula is C21H29N5O2. The highest BCUT2D eigenvalue weighted by atomic mass is 16.3. The van der Waals surface area contributed by atoms with Crippen molar-refractivity contribution in [2.45, 2.75) is 56.7 Å². The van der Waals surface area contributed by atoms with Gasteiger partial charge in [-0.25, -0.2) is 0 Å². The molecule has 1 saturated heterocycles. The van der Waals surface area contributed by atoms with Gasteiger partial charge in [-0.3, -0.25) is 9.69 Å². The van der Waals surface area contributed by atoms with Crippen molar-refractivity contribution < 1.29 is 9.90 Å². The third-order valence-electron chi connectivity index (χ3n) is 6.27. The van der Waals surface area contributed by atoms with Gasteiger partial charge in [-0.15, -0.1) is 10.2 Å². The Balaban J connectivity index is 1.33. The first-order valence-corrected chi connectivity index (χ1v) is 10.1. The van der Waals surface area contributed by atoms with Crippen molar-refractivity contribution in [1.29, 1.82) is 0 Å². The predicted octanol–water partition coefficient (Wildman–Crippen LogP) is 1.68. The zero-order chi connectivity index (χ0) is 19.7. The zero-order valence-corrected chi connectivity index (χ0v) is 16.6. The van der Waals surface area contributed by atoms with Gasteiger partial charge in [0.25, 0.3) is 0 Å². The van der Waals surface area contributed by atoms with Gasteiger partial charge in [0, 0.05) is 39.0 Å². The van der Waals surface area contributed by atoms with Gasteiger partial charge in [-0.1, -0.05) is 30.3 Å². The van der Waals surface area contributed by atoms with Crippen LogP contribution in [0.25, 0.3) is 0 Å². The van der Waals surface area contributed by atoms with E-state index in [0.29, 0.717) is 5.92 Å². The van der Waals surface area contributed by atoms with Gasteiger partial charge in [-0.2, -0.15) is 0 Å². The van der Waals surface area contributed by atoms with Crippen LogP contribution in [0.3, 0.4) is 0 Å². The molecule has 2 N–H and O–H groups in total. The SMILES string of the molecule is CC(=O)NC1CC(c2nnc(CN3CCC(O)(c4ccccc4)CC3)n2C)C1. The molecule has 2 aromatic rings. The van der Waals surface area contributed by atoms with Crippen molar-refractivity contribution in [3.05, 3.63) is 47.5 Å². The van der Waals surface area contributed by atoms with Crippen LogP contribution < -0.4 is 5.32 Å². The Hall–Kier alpha value is -2.25. The van der Waals surface area contributed by atoms with Crippen molar-refractivity contribution >= 4 is 5.91 Å². The highest BCUT2D eigenvalue weighted by molar-refractivity contribution is 5.73. The second-order valence-corrected chi connectivity index (χ2v) is 8.27. The van der Waals surface area contributed by atoms with Crippen LogP contribution in [0.2, 0.25) is 0 Å². The van der Waals surface area contributed by atoms with Crippen molar-refractivity contribution in [3.63, 3.8) is 0 Å². The summed E-state index contributed by atoms with van der Waals surface area (Å²) in [4.78, 5) is 13.5. The Labute approximate surface area is 165 Å². The molecule has 28 heavy (non-hydrogen) atoms. The molecule has 2 heterocycles. The minimum Gasteiger partial charge on any atom is -0.385 e. The summed E-state index contributed by atoms with van der Waals surface area (Å²) in [5, 5.41) is 22.8. The van der Waals surface area contributed by atoms with Crippen molar-refractivity contribution in [2.24, 2.45) is 7.05 Å². The number of hydrogen-bond acceptors (Lipinski definition) is 5. The highest BCUT2D eigenvalue weighted by Gasteiger charge is 2.36. The number of aliphatic hydroxyl groups is 1. The number of piperidine rings is 1. The number of nitrogens with one attached hydrogen (secondary N) is 1. The van der Waals surface area contributed by atoms with E-state index in [1.54, 1.807) is 6.92 Å². The lowest BCUT2D eigenvalue weighted by molar-refractivity contribution is -0.120. The van der Waals surface area contributed by atoms with Gasteiger partial charge in [0.2, 0.25) is 5.91 Å². The third kappa shape index (κ3) is 3.82. The summed E-state index contributed by atoms with van der Waals surface area (Å²) >= 11 is 0. The quantitative estimate of drug-likeness (QED) is 0.821. The Morgan fingerprint density at radius 2 is 1.89 bits per heavy atom. The molecule has 0 unspecified atom stereocenters. The first-order chi connectivity index (χ1) is 13.4. The molecule has 1 aromatic heterocycles. The van der Waals surface area contributed by atoms with E-state index in [1.807, 2.05) is 37.4 Å². The van der Waals surface area contributed by atoms with E-state index < -0.39 is 5.60 Å². The van der Waals surface area contributed by atoms with Crippen LogP contribution in [0, 0.1) is 0 Å². The molecule has 1 amide bonds. The fourth-order valence-corrected chi connectivity index (χ4v) is 4.42. The maximum atomic E-state index is 11.2. The van der Waals surface area contributed by atoms with Crippen LogP contribution in [0.15, 0.2) is 30.3 Å². The standard InChI is InChI=1S/C21H29N5O2/c1-15(27)22-18-12-16(13-18)20-24-23-19(25(20)2)14-26-10-8-21(28,9-11-26)17-6-4-3-5-7-17/h3-7,16,18,28H,8-14H2,1-2H3,(H,22,27). The van der Waals surface area contributed by atoms with Crippen LogP contribution in [0.1, 0.15) is 55.7 Å². The number of hydrogen-bond donors (Lipinski definition) is 2. The molecule has 1 saturated carbocycles. The summed E-state index contributed by atoms with van der Waals surface area (Å²) in [7, 11) is 2.03. The lowest BCUT2D eigenvalue weighted by atomic mass is 9.79. The van der Waals surface area contributed by atoms with E-state index in [1.165, 1.54) is 0 Å². The van der Waals surface area contributed by atoms with Gasteiger partial charge in [0.05, 0.1) is 12.1 Å². The zero-order valence-electron chi connectivity index (χ0n) is 16.6. The number of rotatable bonds is 5. The molecule has 4 rings (SSSR count). The molecule has 2 fully saturated rings. The Kier molecular flexibility index (Phi) is 5.21. The number of amides is 1. The monoisotopic (exact) mass is 383 g/mol. The first kappa shape index (κ1) is 19.1. The molecule has 2 aliphatic rings. The molecule has 0 spiro atoms. The molecule has 7 heteroatoms. The summed E-state index contributed by atoms with van der Waals surface area (Å²) in [6.07, 6.45) is 3.31. The molecule has 0 radical (unpaired) electrons. The summed E-state index contributed by atoms with van der Waals surface area (Å²) in [5.41, 5.74) is 0.280. The van der Waals surface area contributed by atoms with Crippen LogP contribution in [0.5, 0.6) is 0 Å². The Morgan fingerprint density at radius 3 is 2.54 bits per heavy atom. The third-order valence-corrected chi connectivity index (χ3v) is 6.27. The Morgan fingerprint density at radius 1 is 1.21 bits per heavy atom. The molecule has 1 aliphatic carbocycles. The van der Waals surface area contributed by atoms with E-state index in [2.05, 4.69) is 25.0 Å². The maximum Gasteiger partial charge on any atom is 0.217 e. The smallest absolute Gasteiger partial charge is 0.217 e. The summed E-state index contributed by atoms with van der Waals surface area (Å²) < 4.78 is 2.10. The summed E-state index contributed by atoms with van der Waals surface area (Å²) in [6.45, 7) is 3.98. The van der Waals surface area contributed by atoms with E-state index in [4.69, 9.17) is 0 Å². The van der Waals surface area contributed by atoms with Gasteiger partial charge < -0.3 is 15.0 Å². The lowest BCUT2D eigenvalue weighted by Gasteiger charge is -2.38. The second kappa shape index (κ2) is 7.64. The normalized spacial score (nSPS) is 24.5. The Bertz CT molecular complexity index is 821. The minimum atomic E-state index is -0.729. The van der Waals surface area contributed by atoms with Crippen LogP contribution in [-0.4, -0.2) is 49.8 Å². The largest absolute Gasteiger partial charge is 0.385 e. The number of carbonyl (C=O) groups excluding carboxylic acids is 1. The summed E-state index contributed by atoms with van der Waals surface area (Å²) in [5.74, 6) is 2.37. The van der Waals surface area contributed by atoms with Crippen LogP contribution >= 0.6 is 0 Å². The van der Waals surface area contributed by atoms with Crippen molar-refractivity contribution in [1.82, 2.24) is 25.0 Å². The molecular weight excluding hydrogens is 354 g/mol. The van der Waals surface area contributed by atoms with E-state index >= 15 is 0 Å². The fraction of sp³-hybridized carbons (Fsp3) is 0.571. The average Bonchev–Trinajstić information content (AvgIpc) is 3.01. The van der Waals surface area contributed by atoms with Crippen LogP contribution in [-0.2, 0) is 24.0 Å². The average molecular weight is 383 g/mol. The second-order valence-electron chi connectivity index (χ2n) is 8.27. The first-order valence-electron chi connectivity index (χ1n) is 10.1. The van der Waals surface area contributed by atoms with Gasteiger partial charge in [0.1, 0.15) is 11.6 Å². The number of nitrogens with zero attached hydrogens (tertiary/aromatic N) is 4. The number of likely N-dealkylation sites (tertiary alicyclic amines) is 1. The van der Waals surface area contributed by atoms with E-state index in [0.717, 1.165) is 62.5 Å². The van der Waals surface area contributed by atoms with Crippen LogP contribution in [0.4, 0.5) is 0 Å².